The third kappa shape index (κ3) is 5.75. The van der Waals surface area contributed by atoms with Crippen molar-refractivity contribution in [2.24, 2.45) is 0 Å². The number of hydrogen-bond acceptors (Lipinski definition) is 6. The number of nitrogens with one attached hydrogen (secondary N) is 1. The van der Waals surface area contributed by atoms with Crippen LogP contribution in [0.5, 0.6) is 5.75 Å². The Morgan fingerprint density at radius 3 is 2.58 bits per heavy atom. The number of para-hydroxylation sites is 1. The normalized spacial score (nSPS) is 10.2. The molecule has 0 saturated carbocycles. The van der Waals surface area contributed by atoms with Crippen LogP contribution < -0.4 is 10.1 Å². The van der Waals surface area contributed by atoms with Crippen molar-refractivity contribution in [2.45, 2.75) is 0 Å². The smallest absolute Gasteiger partial charge is 0.340 e. The van der Waals surface area contributed by atoms with E-state index in [0.29, 0.717) is 24.6 Å². The van der Waals surface area contributed by atoms with Crippen molar-refractivity contribution in [3.63, 3.8) is 0 Å². The Labute approximate surface area is 150 Å². The van der Waals surface area contributed by atoms with Gasteiger partial charge in [-0.15, -0.1) is 0 Å². The van der Waals surface area contributed by atoms with Gasteiger partial charge in [-0.1, -0.05) is 18.2 Å². The van der Waals surface area contributed by atoms with Gasteiger partial charge in [0.15, 0.2) is 0 Å². The van der Waals surface area contributed by atoms with Crippen molar-refractivity contribution in [3.05, 3.63) is 59.0 Å². The zero-order valence-corrected chi connectivity index (χ0v) is 14.4. The molecule has 0 aromatic heterocycles. The molecule has 2 aromatic carbocycles. The van der Waals surface area contributed by atoms with Crippen LogP contribution in [0, 0.1) is 4.91 Å². The van der Waals surface area contributed by atoms with Crippen molar-refractivity contribution in [1.29, 1.82) is 0 Å². The van der Waals surface area contributed by atoms with Gasteiger partial charge in [0.05, 0.1) is 17.1 Å². The van der Waals surface area contributed by atoms with Gasteiger partial charge in [-0.05, 0) is 18.2 Å². The van der Waals surface area contributed by atoms with E-state index in [0.717, 1.165) is 0 Å². The Morgan fingerprint density at radius 2 is 1.88 bits per heavy atom. The number of methoxy groups -OCH3 is 1. The summed E-state index contributed by atoms with van der Waals surface area (Å²) < 4.78 is 15.6. The van der Waals surface area contributed by atoms with Gasteiger partial charge < -0.3 is 19.5 Å². The summed E-state index contributed by atoms with van der Waals surface area (Å²) in [5, 5.41) is 12.1. The largest absolute Gasteiger partial charge is 0.490 e. The monoisotopic (exact) mass is 361 g/mol. The summed E-state index contributed by atoms with van der Waals surface area (Å²) >= 11 is 0. The van der Waals surface area contributed by atoms with Crippen LogP contribution in [0.2, 0.25) is 0 Å². The molecule has 0 aliphatic carbocycles. The zero-order valence-electron chi connectivity index (χ0n) is 14.4. The fourth-order valence-electron chi connectivity index (χ4n) is 2.15. The second kappa shape index (κ2) is 10.00. The second-order valence-electron chi connectivity index (χ2n) is 5.22. The van der Waals surface area contributed by atoms with Gasteiger partial charge in [0.2, 0.25) is 0 Å². The highest BCUT2D eigenvalue weighted by atomic mass is 16.6. The maximum atomic E-state index is 12.3. The number of carbonyl (C=O) groups excluding carboxylic acids is 1. The maximum Gasteiger partial charge on any atom is 0.340 e. The lowest BCUT2D eigenvalue weighted by Gasteiger charge is -2.11. The first-order valence-electron chi connectivity index (χ1n) is 8.00. The van der Waals surface area contributed by atoms with E-state index in [4.69, 9.17) is 19.4 Å². The summed E-state index contributed by atoms with van der Waals surface area (Å²) in [5.74, 6) is 0.0417. The summed E-state index contributed by atoms with van der Waals surface area (Å²) in [7, 11) is 1.56. The average Bonchev–Trinajstić information content (AvgIpc) is 2.66. The quantitative estimate of drug-likeness (QED) is 0.381. The third-order valence-corrected chi connectivity index (χ3v) is 3.39. The summed E-state index contributed by atoms with van der Waals surface area (Å²) in [6.07, 6.45) is 0. The van der Waals surface area contributed by atoms with E-state index in [1.165, 1.54) is 18.2 Å². The van der Waals surface area contributed by atoms with E-state index in [-0.39, 0.29) is 29.4 Å². The van der Waals surface area contributed by atoms with Gasteiger partial charge in [0.1, 0.15) is 19.0 Å². The van der Waals surface area contributed by atoms with E-state index in [1.807, 2.05) is 18.2 Å². The lowest BCUT2D eigenvalue weighted by Crippen LogP contribution is -2.16. The molecule has 0 saturated heterocycles. The molecular formula is C18H21N2O6+. The SMILES string of the molecule is COCCNc1ccc([N+](=O)O)cc1C(=O)OCCOc1ccccc1. The van der Waals surface area contributed by atoms with E-state index < -0.39 is 5.97 Å². The fraction of sp³-hybridized carbons (Fsp3) is 0.278. The second-order valence-corrected chi connectivity index (χ2v) is 5.22. The van der Waals surface area contributed by atoms with Crippen molar-refractivity contribution in [3.8, 4) is 5.75 Å². The van der Waals surface area contributed by atoms with Crippen LogP contribution in [-0.4, -0.2) is 49.6 Å². The number of ether oxygens (including phenoxy) is 3. The van der Waals surface area contributed by atoms with Crippen LogP contribution in [0.3, 0.4) is 0 Å². The molecule has 2 N–H and O–H groups in total. The molecule has 0 aliphatic rings. The average molecular weight is 361 g/mol. The van der Waals surface area contributed by atoms with Crippen LogP contribution in [-0.2, 0) is 9.47 Å². The van der Waals surface area contributed by atoms with Crippen molar-refractivity contribution >= 4 is 17.3 Å². The molecule has 0 aliphatic heterocycles. The summed E-state index contributed by atoms with van der Waals surface area (Å²) in [6.45, 7) is 1.13. The Kier molecular flexibility index (Phi) is 7.38. The van der Waals surface area contributed by atoms with Crippen LogP contribution in [0.15, 0.2) is 48.5 Å². The molecule has 0 radical (unpaired) electrons. The molecule has 0 heterocycles. The molecule has 0 spiro atoms. The molecule has 0 unspecified atom stereocenters. The molecule has 138 valence electrons. The number of anilines is 1. The molecule has 2 aromatic rings. The van der Waals surface area contributed by atoms with Gasteiger partial charge in [-0.3, -0.25) is 0 Å². The number of carbonyl (C=O) groups is 1. The molecule has 0 fully saturated rings. The highest BCUT2D eigenvalue weighted by Crippen LogP contribution is 2.22. The van der Waals surface area contributed by atoms with Gasteiger partial charge in [0.25, 0.3) is 4.92 Å². The molecular weight excluding hydrogens is 340 g/mol. The van der Waals surface area contributed by atoms with Crippen LogP contribution in [0.25, 0.3) is 0 Å². The molecule has 0 atom stereocenters. The summed E-state index contributed by atoms with van der Waals surface area (Å²) in [4.78, 5) is 23.1. The molecule has 26 heavy (non-hydrogen) atoms. The van der Waals surface area contributed by atoms with E-state index in [1.54, 1.807) is 19.2 Å². The van der Waals surface area contributed by atoms with Crippen molar-refractivity contribution in [2.75, 3.05) is 38.8 Å². The fourth-order valence-corrected chi connectivity index (χ4v) is 2.15. The summed E-state index contributed by atoms with van der Waals surface area (Å²) in [5.41, 5.74) is 0.532. The Hall–Kier alpha value is -3.13. The molecule has 0 amide bonds. The van der Waals surface area contributed by atoms with E-state index in [2.05, 4.69) is 5.32 Å². The third-order valence-electron chi connectivity index (χ3n) is 3.39. The minimum atomic E-state index is -0.634. The summed E-state index contributed by atoms with van der Waals surface area (Å²) in [6, 6.07) is 13.3. The number of nitrogens with zero attached hydrogens (tertiary/aromatic N) is 1. The van der Waals surface area contributed by atoms with E-state index in [9.17, 15) is 9.70 Å². The standard InChI is InChI=1S/C18H20N2O6/c1-24-10-9-19-17-8-7-14(20(22)23)13-16(17)18(21)26-12-11-25-15-5-3-2-4-6-15/h2-8,13H,9-12H2,1H3,(H-,19,21,22,23)/p+1. The van der Waals surface area contributed by atoms with E-state index >= 15 is 0 Å². The van der Waals surface area contributed by atoms with Crippen molar-refractivity contribution in [1.82, 2.24) is 0 Å². The minimum absolute atomic E-state index is 0.0374. The Balaban J connectivity index is 1.97. The molecule has 0 bridgehead atoms. The first-order valence-corrected chi connectivity index (χ1v) is 8.00. The first-order chi connectivity index (χ1) is 12.6. The number of hydrogen-bond donors (Lipinski definition) is 2. The lowest BCUT2D eigenvalue weighted by atomic mass is 10.1. The topological polar surface area (TPSA) is 97.1 Å². The highest BCUT2D eigenvalue weighted by Gasteiger charge is 2.20. The van der Waals surface area contributed by atoms with Crippen LogP contribution in [0.1, 0.15) is 10.4 Å². The van der Waals surface area contributed by atoms with Crippen LogP contribution >= 0.6 is 0 Å². The molecule has 8 heteroatoms. The highest BCUT2D eigenvalue weighted by molar-refractivity contribution is 5.96. The Bertz CT molecular complexity index is 736. The Morgan fingerprint density at radius 1 is 1.12 bits per heavy atom. The molecule has 2 rings (SSSR count). The first kappa shape index (κ1) is 19.2. The van der Waals surface area contributed by atoms with Gasteiger partial charge >= 0.3 is 11.7 Å². The van der Waals surface area contributed by atoms with Crippen molar-refractivity contribution < 1.29 is 29.1 Å². The predicted octanol–water partition coefficient (Wildman–Crippen LogP) is 2.78. The van der Waals surface area contributed by atoms with Gasteiger partial charge in [0, 0.05) is 31.5 Å². The molecule has 8 nitrogen and oxygen atoms in total. The van der Waals surface area contributed by atoms with Gasteiger partial charge in [-0.25, -0.2) is 10.0 Å². The number of rotatable bonds is 10. The van der Waals surface area contributed by atoms with Gasteiger partial charge in [-0.2, -0.15) is 0 Å². The zero-order chi connectivity index (χ0) is 18.8. The number of esters is 1. The maximum absolute atomic E-state index is 12.3. The number of benzene rings is 2. The predicted molar refractivity (Wildman–Crippen MR) is 94.1 cm³/mol. The van der Waals surface area contributed by atoms with Crippen LogP contribution in [0.4, 0.5) is 11.4 Å². The lowest BCUT2D eigenvalue weighted by molar-refractivity contribution is -0.729. The minimum Gasteiger partial charge on any atom is -0.490 e.